The summed E-state index contributed by atoms with van der Waals surface area (Å²) in [5, 5.41) is 6.69. The highest BCUT2D eigenvalue weighted by Crippen LogP contribution is 2.26. The lowest BCUT2D eigenvalue weighted by molar-refractivity contribution is 0.0724. The fraction of sp³-hybridized carbons (Fsp3) is 0.261. The van der Waals surface area contributed by atoms with E-state index in [1.54, 1.807) is 34.1 Å². The van der Waals surface area contributed by atoms with Gasteiger partial charge < -0.3 is 9.80 Å². The zero-order valence-corrected chi connectivity index (χ0v) is 19.7. The average Bonchev–Trinajstić information content (AvgIpc) is 3.61. The molecule has 168 valence electrons. The molecule has 1 aliphatic heterocycles. The summed E-state index contributed by atoms with van der Waals surface area (Å²) in [6, 6.07) is 10.1. The second kappa shape index (κ2) is 9.24. The van der Waals surface area contributed by atoms with Crippen LogP contribution < -0.4 is 0 Å². The Bertz CT molecular complexity index is 1250. The van der Waals surface area contributed by atoms with Crippen LogP contribution >= 0.6 is 22.7 Å². The molecule has 0 bridgehead atoms. The number of hydrogen-bond acceptors (Lipinski definition) is 7. The van der Waals surface area contributed by atoms with Crippen LogP contribution in [0.3, 0.4) is 0 Å². The molecule has 0 atom stereocenters. The summed E-state index contributed by atoms with van der Waals surface area (Å²) in [6.07, 6.45) is 2.23. The molecule has 10 heteroatoms. The van der Waals surface area contributed by atoms with Crippen molar-refractivity contribution >= 4 is 34.5 Å². The van der Waals surface area contributed by atoms with Gasteiger partial charge in [-0.05, 0) is 5.56 Å². The van der Waals surface area contributed by atoms with Crippen LogP contribution in [0, 0.1) is 0 Å². The van der Waals surface area contributed by atoms with Gasteiger partial charge in [-0.2, -0.15) is 5.10 Å². The summed E-state index contributed by atoms with van der Waals surface area (Å²) < 4.78 is 1.92. The van der Waals surface area contributed by atoms with Gasteiger partial charge in [0.2, 0.25) is 0 Å². The molecule has 0 saturated carbocycles. The molecule has 0 fully saturated rings. The topological polar surface area (TPSA) is 84.2 Å². The molecule has 0 saturated heterocycles. The quantitative estimate of drug-likeness (QED) is 0.425. The highest BCUT2D eigenvalue weighted by molar-refractivity contribution is 7.11. The van der Waals surface area contributed by atoms with E-state index in [0.717, 1.165) is 22.5 Å². The minimum absolute atomic E-state index is 0.0619. The van der Waals surface area contributed by atoms with Gasteiger partial charge in [0.25, 0.3) is 11.8 Å². The van der Waals surface area contributed by atoms with Gasteiger partial charge in [-0.15, -0.1) is 22.7 Å². The Labute approximate surface area is 199 Å². The van der Waals surface area contributed by atoms with E-state index in [1.165, 1.54) is 22.7 Å². The van der Waals surface area contributed by atoms with Crippen LogP contribution in [0.15, 0.2) is 52.9 Å². The molecule has 2 amide bonds. The number of benzene rings is 1. The van der Waals surface area contributed by atoms with Gasteiger partial charge in [-0.1, -0.05) is 30.3 Å². The molecule has 1 aliphatic rings. The number of rotatable bonds is 6. The van der Waals surface area contributed by atoms with Crippen molar-refractivity contribution in [2.75, 3.05) is 13.6 Å². The fourth-order valence-corrected chi connectivity index (χ4v) is 5.15. The van der Waals surface area contributed by atoms with E-state index in [9.17, 15) is 9.59 Å². The van der Waals surface area contributed by atoms with Crippen molar-refractivity contribution in [1.82, 2.24) is 29.5 Å². The van der Waals surface area contributed by atoms with Crippen LogP contribution in [-0.2, 0) is 26.1 Å². The van der Waals surface area contributed by atoms with Crippen LogP contribution in [-0.4, -0.2) is 55.0 Å². The first-order valence-electron chi connectivity index (χ1n) is 10.5. The van der Waals surface area contributed by atoms with Crippen LogP contribution in [0.25, 0.3) is 0 Å². The van der Waals surface area contributed by atoms with Gasteiger partial charge in [-0.3, -0.25) is 19.3 Å². The molecule has 0 radical (unpaired) electrons. The van der Waals surface area contributed by atoms with E-state index in [4.69, 9.17) is 5.10 Å². The van der Waals surface area contributed by atoms with E-state index in [1.807, 2.05) is 40.4 Å². The van der Waals surface area contributed by atoms with E-state index in [-0.39, 0.29) is 11.8 Å². The number of carbonyl (C=O) groups is 2. The Kier molecular flexibility index (Phi) is 6.01. The number of thiazole rings is 2. The summed E-state index contributed by atoms with van der Waals surface area (Å²) in [5.74, 6) is -0.230. The number of carbonyl (C=O) groups excluding carboxylic acids is 2. The van der Waals surface area contributed by atoms with Crippen molar-refractivity contribution in [3.63, 3.8) is 0 Å². The van der Waals surface area contributed by atoms with Crippen LogP contribution in [0.1, 0.15) is 42.7 Å². The summed E-state index contributed by atoms with van der Waals surface area (Å²) in [4.78, 5) is 38.7. The lowest BCUT2D eigenvalue weighted by Gasteiger charge is -2.27. The first kappa shape index (κ1) is 21.5. The highest BCUT2D eigenvalue weighted by atomic mass is 32.1. The Morgan fingerprint density at radius 1 is 1.18 bits per heavy atom. The maximum absolute atomic E-state index is 13.4. The van der Waals surface area contributed by atoms with Gasteiger partial charge in [0, 0.05) is 36.7 Å². The lowest BCUT2D eigenvalue weighted by Crippen LogP contribution is -2.37. The zero-order valence-electron chi connectivity index (χ0n) is 18.0. The summed E-state index contributed by atoms with van der Waals surface area (Å²) >= 11 is 2.83. The third kappa shape index (κ3) is 4.44. The van der Waals surface area contributed by atoms with Crippen LogP contribution in [0.2, 0.25) is 0 Å². The molecule has 0 unspecified atom stereocenters. The molecule has 4 heterocycles. The molecule has 0 spiro atoms. The molecule has 4 aromatic rings. The van der Waals surface area contributed by atoms with E-state index in [0.29, 0.717) is 43.2 Å². The molecule has 0 aliphatic carbocycles. The zero-order chi connectivity index (χ0) is 22.8. The molecular formula is C23H22N6O2S2. The molecule has 0 N–H and O–H groups in total. The maximum atomic E-state index is 13.4. The van der Waals surface area contributed by atoms with E-state index < -0.39 is 0 Å². The summed E-state index contributed by atoms with van der Waals surface area (Å²) in [7, 11) is 1.76. The number of amides is 2. The van der Waals surface area contributed by atoms with Crippen molar-refractivity contribution in [3.05, 3.63) is 86.0 Å². The van der Waals surface area contributed by atoms with Crippen LogP contribution in [0.5, 0.6) is 0 Å². The molecule has 3 aromatic heterocycles. The Hall–Kier alpha value is -3.37. The van der Waals surface area contributed by atoms with Gasteiger partial charge in [0.05, 0.1) is 42.5 Å². The second-order valence-corrected chi connectivity index (χ2v) is 9.51. The maximum Gasteiger partial charge on any atom is 0.274 e. The summed E-state index contributed by atoms with van der Waals surface area (Å²) in [6.45, 7) is 1.92. The molecule has 33 heavy (non-hydrogen) atoms. The Morgan fingerprint density at radius 3 is 2.76 bits per heavy atom. The first-order chi connectivity index (χ1) is 16.1. The van der Waals surface area contributed by atoms with Gasteiger partial charge in [0.1, 0.15) is 4.88 Å². The van der Waals surface area contributed by atoms with Crippen molar-refractivity contribution in [1.29, 1.82) is 0 Å². The van der Waals surface area contributed by atoms with E-state index in [2.05, 4.69) is 9.97 Å². The SMILES string of the molecule is CN(Cc1cscn1)C(=O)c1nn(Cc2ccccc2)c2c1CN(C(=O)c1cncs1)CC2. The Morgan fingerprint density at radius 2 is 2.03 bits per heavy atom. The largest absolute Gasteiger partial charge is 0.334 e. The molecule has 5 rings (SSSR count). The van der Waals surface area contributed by atoms with Gasteiger partial charge >= 0.3 is 0 Å². The standard InChI is InChI=1S/C23H22N6O2S2/c1-27(11-17-13-32-15-25-17)23(31)21-18-12-28(22(30)20-9-24-14-33-20)8-7-19(18)29(26-21)10-16-5-3-2-4-6-16/h2-6,9,13-15H,7-8,10-12H2,1H3. The van der Waals surface area contributed by atoms with Gasteiger partial charge in [0.15, 0.2) is 5.69 Å². The normalized spacial score (nSPS) is 13.1. The van der Waals surface area contributed by atoms with Gasteiger partial charge in [-0.25, -0.2) is 4.98 Å². The first-order valence-corrected chi connectivity index (χ1v) is 12.3. The minimum atomic E-state index is -0.168. The van der Waals surface area contributed by atoms with Crippen molar-refractivity contribution in [2.45, 2.75) is 26.1 Å². The Balaban J connectivity index is 1.47. The predicted octanol–water partition coefficient (Wildman–Crippen LogP) is 3.32. The number of aromatic nitrogens is 4. The van der Waals surface area contributed by atoms with Crippen LogP contribution in [0.4, 0.5) is 0 Å². The smallest absolute Gasteiger partial charge is 0.274 e. The minimum Gasteiger partial charge on any atom is -0.334 e. The molecule has 8 nitrogen and oxygen atoms in total. The van der Waals surface area contributed by atoms with Crippen molar-refractivity contribution in [3.8, 4) is 0 Å². The van der Waals surface area contributed by atoms with E-state index >= 15 is 0 Å². The number of nitrogens with zero attached hydrogens (tertiary/aromatic N) is 6. The molecular weight excluding hydrogens is 456 g/mol. The molecule has 1 aromatic carbocycles. The van der Waals surface area contributed by atoms with Crippen molar-refractivity contribution < 1.29 is 9.59 Å². The predicted molar refractivity (Wildman–Crippen MR) is 126 cm³/mol. The third-order valence-electron chi connectivity index (χ3n) is 5.67. The average molecular weight is 479 g/mol. The highest BCUT2D eigenvalue weighted by Gasteiger charge is 2.32. The number of hydrogen-bond donors (Lipinski definition) is 0. The summed E-state index contributed by atoms with van der Waals surface area (Å²) in [5.41, 5.74) is 7.61. The second-order valence-electron chi connectivity index (χ2n) is 7.90. The fourth-order valence-electron chi connectivity index (χ4n) is 4.01. The third-order valence-corrected chi connectivity index (χ3v) is 7.07. The monoisotopic (exact) mass is 478 g/mol. The lowest BCUT2D eigenvalue weighted by atomic mass is 10.0. The number of fused-ring (bicyclic) bond motifs is 1. The van der Waals surface area contributed by atoms with Crippen molar-refractivity contribution in [2.24, 2.45) is 0 Å².